The SMILES string of the molecule is Cc1c(C(=O)O)n(C2CC2)cc(C(=O)O)c1=O. The number of hydrogen-bond donors (Lipinski definition) is 2. The summed E-state index contributed by atoms with van der Waals surface area (Å²) >= 11 is 0. The van der Waals surface area contributed by atoms with Crippen LogP contribution in [0.25, 0.3) is 0 Å². The number of hydrogen-bond acceptors (Lipinski definition) is 3. The van der Waals surface area contributed by atoms with Gasteiger partial charge in [-0.1, -0.05) is 0 Å². The summed E-state index contributed by atoms with van der Waals surface area (Å²) in [5.74, 6) is -2.53. The molecule has 0 radical (unpaired) electrons. The van der Waals surface area contributed by atoms with Gasteiger partial charge in [-0.15, -0.1) is 0 Å². The highest BCUT2D eigenvalue weighted by molar-refractivity contribution is 5.91. The second-order valence-corrected chi connectivity index (χ2v) is 4.09. The molecule has 1 heterocycles. The summed E-state index contributed by atoms with van der Waals surface area (Å²) in [6.07, 6.45) is 2.75. The summed E-state index contributed by atoms with van der Waals surface area (Å²) in [4.78, 5) is 33.7. The number of aromatic nitrogens is 1. The second kappa shape index (κ2) is 3.73. The van der Waals surface area contributed by atoms with Gasteiger partial charge in [0.05, 0.1) is 0 Å². The molecule has 2 rings (SSSR count). The van der Waals surface area contributed by atoms with Gasteiger partial charge >= 0.3 is 11.9 Å². The first-order valence-corrected chi connectivity index (χ1v) is 5.15. The molecule has 1 saturated carbocycles. The van der Waals surface area contributed by atoms with E-state index in [-0.39, 0.29) is 22.9 Å². The lowest BCUT2D eigenvalue weighted by Gasteiger charge is -2.12. The predicted molar refractivity (Wildman–Crippen MR) is 57.6 cm³/mol. The van der Waals surface area contributed by atoms with Crippen LogP contribution in [-0.4, -0.2) is 26.7 Å². The Kier molecular flexibility index (Phi) is 2.49. The van der Waals surface area contributed by atoms with Gasteiger partial charge < -0.3 is 14.8 Å². The van der Waals surface area contributed by atoms with Crippen molar-refractivity contribution in [2.75, 3.05) is 0 Å². The molecule has 0 aliphatic heterocycles. The van der Waals surface area contributed by atoms with Crippen molar-refractivity contribution in [3.8, 4) is 0 Å². The van der Waals surface area contributed by atoms with Crippen LogP contribution in [-0.2, 0) is 0 Å². The average Bonchev–Trinajstić information content (AvgIpc) is 3.03. The van der Waals surface area contributed by atoms with Crippen molar-refractivity contribution >= 4 is 11.9 Å². The molecule has 1 aromatic heterocycles. The maximum atomic E-state index is 11.7. The van der Waals surface area contributed by atoms with E-state index in [0.717, 1.165) is 19.0 Å². The van der Waals surface area contributed by atoms with Crippen LogP contribution in [0.5, 0.6) is 0 Å². The lowest BCUT2D eigenvalue weighted by atomic mass is 10.1. The number of carbonyl (C=O) groups is 2. The molecule has 0 saturated heterocycles. The van der Waals surface area contributed by atoms with Gasteiger partial charge in [0.25, 0.3) is 0 Å². The molecule has 17 heavy (non-hydrogen) atoms. The van der Waals surface area contributed by atoms with E-state index in [0.29, 0.717) is 0 Å². The van der Waals surface area contributed by atoms with Crippen molar-refractivity contribution in [3.63, 3.8) is 0 Å². The van der Waals surface area contributed by atoms with Gasteiger partial charge in [0.1, 0.15) is 11.3 Å². The van der Waals surface area contributed by atoms with Crippen LogP contribution in [0.2, 0.25) is 0 Å². The first kappa shape index (κ1) is 11.4. The van der Waals surface area contributed by atoms with Crippen LogP contribution < -0.4 is 5.43 Å². The molecule has 1 fully saturated rings. The topological polar surface area (TPSA) is 96.6 Å². The number of pyridine rings is 1. The summed E-state index contributed by atoms with van der Waals surface area (Å²) < 4.78 is 1.39. The number of nitrogens with zero attached hydrogens (tertiary/aromatic N) is 1. The van der Waals surface area contributed by atoms with E-state index >= 15 is 0 Å². The number of carboxylic acid groups (broad SMARTS) is 2. The Hall–Kier alpha value is -2.11. The predicted octanol–water partition coefficient (Wildman–Crippen LogP) is 0.888. The first-order chi connectivity index (χ1) is 7.93. The second-order valence-electron chi connectivity index (χ2n) is 4.09. The molecule has 0 atom stereocenters. The molecule has 1 aliphatic rings. The smallest absolute Gasteiger partial charge is 0.352 e. The van der Waals surface area contributed by atoms with Crippen molar-refractivity contribution in [2.24, 2.45) is 0 Å². The monoisotopic (exact) mass is 237 g/mol. The highest BCUT2D eigenvalue weighted by Crippen LogP contribution is 2.36. The van der Waals surface area contributed by atoms with Gasteiger partial charge in [-0.2, -0.15) is 0 Å². The fourth-order valence-electron chi connectivity index (χ4n) is 1.83. The summed E-state index contributed by atoms with van der Waals surface area (Å²) in [6, 6.07) is -0.00139. The van der Waals surface area contributed by atoms with Gasteiger partial charge in [0.2, 0.25) is 0 Å². The molecule has 0 unspecified atom stereocenters. The fourth-order valence-corrected chi connectivity index (χ4v) is 1.83. The number of aromatic carboxylic acids is 2. The zero-order chi connectivity index (χ0) is 12.7. The molecule has 0 aromatic carbocycles. The maximum absolute atomic E-state index is 11.7. The molecule has 1 aromatic rings. The van der Waals surface area contributed by atoms with Crippen molar-refractivity contribution in [3.05, 3.63) is 33.2 Å². The molecular formula is C11H11NO5. The quantitative estimate of drug-likeness (QED) is 0.813. The zero-order valence-electron chi connectivity index (χ0n) is 9.14. The van der Waals surface area contributed by atoms with E-state index in [9.17, 15) is 14.4 Å². The van der Waals surface area contributed by atoms with Crippen LogP contribution in [0.1, 0.15) is 45.3 Å². The van der Waals surface area contributed by atoms with E-state index < -0.39 is 17.4 Å². The minimum atomic E-state index is -1.33. The fraction of sp³-hybridized carbons (Fsp3) is 0.364. The van der Waals surface area contributed by atoms with Crippen molar-refractivity contribution in [1.82, 2.24) is 4.57 Å². The van der Waals surface area contributed by atoms with Crippen molar-refractivity contribution in [2.45, 2.75) is 25.8 Å². The third-order valence-corrected chi connectivity index (χ3v) is 2.84. The molecule has 0 spiro atoms. The van der Waals surface area contributed by atoms with Crippen molar-refractivity contribution in [1.29, 1.82) is 0 Å². The third kappa shape index (κ3) is 1.82. The Balaban J connectivity index is 2.76. The lowest BCUT2D eigenvalue weighted by molar-refractivity contribution is 0.0667. The van der Waals surface area contributed by atoms with Crippen LogP contribution in [0, 0.1) is 6.92 Å². The Bertz CT molecular complexity index is 568. The standard InChI is InChI=1S/C11H11NO5/c1-5-8(11(16)17)12(6-2-3-6)4-7(9(5)13)10(14)15/h4,6H,2-3H2,1H3,(H,14,15)(H,16,17). The Morgan fingerprint density at radius 3 is 2.29 bits per heavy atom. The van der Waals surface area contributed by atoms with E-state index in [2.05, 4.69) is 0 Å². The van der Waals surface area contributed by atoms with Crippen molar-refractivity contribution < 1.29 is 19.8 Å². The van der Waals surface area contributed by atoms with Gasteiger partial charge in [0.15, 0.2) is 5.43 Å². The van der Waals surface area contributed by atoms with Gasteiger partial charge in [-0.3, -0.25) is 4.79 Å². The largest absolute Gasteiger partial charge is 0.477 e. The Morgan fingerprint density at radius 1 is 1.29 bits per heavy atom. The first-order valence-electron chi connectivity index (χ1n) is 5.15. The minimum absolute atomic E-state index is 0.00139. The van der Waals surface area contributed by atoms with E-state index in [4.69, 9.17) is 10.2 Å². The zero-order valence-corrected chi connectivity index (χ0v) is 9.14. The summed E-state index contributed by atoms with van der Waals surface area (Å²) in [6.45, 7) is 1.34. The summed E-state index contributed by atoms with van der Waals surface area (Å²) in [5, 5.41) is 18.0. The average molecular weight is 237 g/mol. The molecule has 90 valence electrons. The van der Waals surface area contributed by atoms with Crippen LogP contribution >= 0.6 is 0 Å². The van der Waals surface area contributed by atoms with E-state index in [1.807, 2.05) is 0 Å². The Morgan fingerprint density at radius 2 is 1.88 bits per heavy atom. The van der Waals surface area contributed by atoms with Gasteiger partial charge in [-0.05, 0) is 19.8 Å². The highest BCUT2D eigenvalue weighted by Gasteiger charge is 2.30. The van der Waals surface area contributed by atoms with E-state index in [1.54, 1.807) is 0 Å². The highest BCUT2D eigenvalue weighted by atomic mass is 16.4. The number of rotatable bonds is 3. The molecule has 2 N–H and O–H groups in total. The normalized spacial score (nSPS) is 14.6. The summed E-state index contributed by atoms with van der Waals surface area (Å²) in [7, 11) is 0. The van der Waals surface area contributed by atoms with Crippen LogP contribution in [0.3, 0.4) is 0 Å². The summed E-state index contributed by atoms with van der Waals surface area (Å²) in [5.41, 5.74) is -1.24. The molecule has 6 nitrogen and oxygen atoms in total. The molecule has 0 amide bonds. The molecule has 6 heteroatoms. The lowest BCUT2D eigenvalue weighted by Crippen LogP contribution is -2.26. The maximum Gasteiger partial charge on any atom is 0.352 e. The molecule has 1 aliphatic carbocycles. The molecular weight excluding hydrogens is 226 g/mol. The van der Waals surface area contributed by atoms with Crippen LogP contribution in [0.4, 0.5) is 0 Å². The molecule has 0 bridgehead atoms. The number of carboxylic acids is 2. The van der Waals surface area contributed by atoms with E-state index in [1.165, 1.54) is 11.5 Å². The minimum Gasteiger partial charge on any atom is -0.477 e. The van der Waals surface area contributed by atoms with Gasteiger partial charge in [0, 0.05) is 17.8 Å². The van der Waals surface area contributed by atoms with Crippen LogP contribution in [0.15, 0.2) is 11.0 Å². The Labute approximate surface area is 96.1 Å². The van der Waals surface area contributed by atoms with Gasteiger partial charge in [-0.25, -0.2) is 9.59 Å². The third-order valence-electron chi connectivity index (χ3n) is 2.84.